The Morgan fingerprint density at radius 1 is 1.19 bits per heavy atom. The summed E-state index contributed by atoms with van der Waals surface area (Å²) in [5.41, 5.74) is 1.10. The molecule has 8 heteroatoms. The Balaban J connectivity index is 1.19. The molecule has 26 heavy (non-hydrogen) atoms. The van der Waals surface area contributed by atoms with Crippen LogP contribution in [-0.2, 0) is 4.79 Å². The third kappa shape index (κ3) is 3.21. The van der Waals surface area contributed by atoms with Gasteiger partial charge in [-0.05, 0) is 37.8 Å². The fourth-order valence-corrected chi connectivity index (χ4v) is 5.48. The molecule has 6 nitrogen and oxygen atoms in total. The molecule has 5 rings (SSSR count). The summed E-state index contributed by atoms with van der Waals surface area (Å²) in [5.74, 6) is 0.476. The van der Waals surface area contributed by atoms with Crippen LogP contribution in [0, 0.1) is 0 Å². The largest absolute Gasteiger partial charge is 0.353 e. The first kappa shape index (κ1) is 16.5. The lowest BCUT2D eigenvalue weighted by atomic mass is 10.1. The van der Waals surface area contributed by atoms with E-state index in [-0.39, 0.29) is 5.91 Å². The molecule has 0 unspecified atom stereocenters. The van der Waals surface area contributed by atoms with Gasteiger partial charge in [0.15, 0.2) is 5.16 Å². The summed E-state index contributed by atoms with van der Waals surface area (Å²) in [6.45, 7) is 2.24. The van der Waals surface area contributed by atoms with Gasteiger partial charge in [-0.1, -0.05) is 35.2 Å². The second-order valence-corrected chi connectivity index (χ2v) is 9.02. The Morgan fingerprint density at radius 3 is 2.81 bits per heavy atom. The number of thioether (sulfide) groups is 1. The first-order valence-electron chi connectivity index (χ1n) is 9.17. The third-order valence-electron chi connectivity index (χ3n) is 5.20. The molecule has 0 radical (unpaired) electrons. The van der Waals surface area contributed by atoms with Crippen LogP contribution in [0.4, 0.5) is 0 Å². The monoisotopic (exact) mass is 387 g/mol. The number of hydrogen-bond donors (Lipinski definition) is 1. The molecule has 2 aliphatic rings. The molecule has 1 aromatic carbocycles. The lowest BCUT2D eigenvalue weighted by Gasteiger charge is -2.32. The smallest absolute Gasteiger partial charge is 0.230 e. The molecule has 3 heterocycles. The standard InChI is InChI=1S/C18H21N5OS2/c24-16(19-12-7-9-22(10-8-12)13-5-6-13)11-25-17-20-21-18-23(17)14-3-1-2-4-15(14)26-18/h1-4,12-13H,5-11H2,(H,19,24). The molecule has 0 atom stereocenters. The number of para-hydroxylation sites is 1. The van der Waals surface area contributed by atoms with Gasteiger partial charge in [0, 0.05) is 25.2 Å². The number of likely N-dealkylation sites (tertiary alicyclic amines) is 1. The Kier molecular flexibility index (Phi) is 4.34. The highest BCUT2D eigenvalue weighted by molar-refractivity contribution is 7.99. The van der Waals surface area contributed by atoms with E-state index in [0.717, 1.165) is 47.6 Å². The van der Waals surface area contributed by atoms with Crippen LogP contribution in [0.2, 0.25) is 0 Å². The van der Waals surface area contributed by atoms with Gasteiger partial charge in [0.05, 0.1) is 16.0 Å². The van der Waals surface area contributed by atoms with Gasteiger partial charge < -0.3 is 10.2 Å². The van der Waals surface area contributed by atoms with Gasteiger partial charge in [-0.15, -0.1) is 10.2 Å². The van der Waals surface area contributed by atoms with Gasteiger partial charge in [0.2, 0.25) is 10.9 Å². The summed E-state index contributed by atoms with van der Waals surface area (Å²) in [5, 5.41) is 12.5. The number of hydrogen-bond acceptors (Lipinski definition) is 6. The van der Waals surface area contributed by atoms with Crippen molar-refractivity contribution in [3.63, 3.8) is 0 Å². The molecule has 136 valence electrons. The molecule has 2 aromatic heterocycles. The summed E-state index contributed by atoms with van der Waals surface area (Å²) in [7, 11) is 0. The maximum Gasteiger partial charge on any atom is 0.230 e. The van der Waals surface area contributed by atoms with Crippen molar-refractivity contribution in [2.24, 2.45) is 0 Å². The van der Waals surface area contributed by atoms with Crippen molar-refractivity contribution in [1.29, 1.82) is 0 Å². The Labute approximate surface area is 160 Å². The quantitative estimate of drug-likeness (QED) is 0.682. The van der Waals surface area contributed by atoms with Crippen molar-refractivity contribution in [1.82, 2.24) is 24.8 Å². The second-order valence-electron chi connectivity index (χ2n) is 7.07. The highest BCUT2D eigenvalue weighted by Crippen LogP contribution is 2.30. The molecule has 3 aromatic rings. The molecular formula is C18H21N5OS2. The van der Waals surface area contributed by atoms with Crippen LogP contribution in [-0.4, -0.2) is 56.3 Å². The van der Waals surface area contributed by atoms with E-state index < -0.39 is 0 Å². The fourth-order valence-electron chi connectivity index (χ4n) is 3.70. The fraction of sp³-hybridized carbons (Fsp3) is 0.500. The summed E-state index contributed by atoms with van der Waals surface area (Å²) in [6.07, 6.45) is 4.85. The minimum Gasteiger partial charge on any atom is -0.353 e. The van der Waals surface area contributed by atoms with Crippen molar-refractivity contribution in [3.8, 4) is 0 Å². The number of piperidine rings is 1. The highest BCUT2D eigenvalue weighted by Gasteiger charge is 2.32. The second kappa shape index (κ2) is 6.83. The molecule has 2 fully saturated rings. The minimum absolute atomic E-state index is 0.0937. The number of nitrogens with zero attached hydrogens (tertiary/aromatic N) is 4. The zero-order valence-corrected chi connectivity index (χ0v) is 16.1. The van der Waals surface area contributed by atoms with Gasteiger partial charge in [-0.2, -0.15) is 0 Å². The maximum absolute atomic E-state index is 12.4. The molecule has 1 aliphatic heterocycles. The number of benzene rings is 1. The lowest BCUT2D eigenvalue weighted by molar-refractivity contribution is -0.119. The van der Waals surface area contributed by atoms with Crippen LogP contribution >= 0.6 is 23.1 Å². The highest BCUT2D eigenvalue weighted by atomic mass is 32.2. The van der Waals surface area contributed by atoms with Gasteiger partial charge >= 0.3 is 0 Å². The molecule has 1 aliphatic carbocycles. The summed E-state index contributed by atoms with van der Waals surface area (Å²) in [4.78, 5) is 15.8. The number of carbonyl (C=O) groups excluding carboxylic acids is 1. The lowest BCUT2D eigenvalue weighted by Crippen LogP contribution is -2.45. The third-order valence-corrected chi connectivity index (χ3v) is 7.14. The molecule has 1 saturated carbocycles. The van der Waals surface area contributed by atoms with E-state index in [0.29, 0.717) is 11.8 Å². The SMILES string of the molecule is O=C(CSc1nnc2sc3ccccc3n12)NC1CCN(C2CC2)CC1. The normalized spacial score (nSPS) is 19.4. The van der Waals surface area contributed by atoms with E-state index in [9.17, 15) is 4.79 Å². The van der Waals surface area contributed by atoms with Crippen LogP contribution < -0.4 is 5.32 Å². The summed E-state index contributed by atoms with van der Waals surface area (Å²) < 4.78 is 3.23. The predicted molar refractivity (Wildman–Crippen MR) is 105 cm³/mol. The molecule has 0 spiro atoms. The van der Waals surface area contributed by atoms with Crippen molar-refractivity contribution in [3.05, 3.63) is 24.3 Å². The van der Waals surface area contributed by atoms with Gasteiger partial charge in [0.25, 0.3) is 0 Å². The maximum atomic E-state index is 12.4. The molecule has 1 N–H and O–H groups in total. The van der Waals surface area contributed by atoms with Gasteiger partial charge in [-0.3, -0.25) is 9.20 Å². The predicted octanol–water partition coefficient (Wildman–Crippen LogP) is 2.78. The van der Waals surface area contributed by atoms with Crippen molar-refractivity contribution < 1.29 is 4.79 Å². The van der Waals surface area contributed by atoms with Crippen molar-refractivity contribution in [2.75, 3.05) is 18.8 Å². The number of amides is 1. The molecule has 1 saturated heterocycles. The number of aromatic nitrogens is 3. The average Bonchev–Trinajstić information content (AvgIpc) is 3.33. The van der Waals surface area contributed by atoms with Crippen LogP contribution in [0.3, 0.4) is 0 Å². The number of thiazole rings is 1. The summed E-state index contributed by atoms with van der Waals surface area (Å²) in [6, 6.07) is 9.35. The topological polar surface area (TPSA) is 62.5 Å². The summed E-state index contributed by atoms with van der Waals surface area (Å²) >= 11 is 3.09. The Hall–Kier alpha value is -1.64. The van der Waals surface area contributed by atoms with E-state index in [1.807, 2.05) is 16.5 Å². The van der Waals surface area contributed by atoms with Gasteiger partial charge in [0.1, 0.15) is 0 Å². The van der Waals surface area contributed by atoms with Crippen molar-refractivity contribution >= 4 is 44.2 Å². The minimum atomic E-state index is 0.0937. The number of fused-ring (bicyclic) bond motifs is 3. The van der Waals surface area contributed by atoms with Crippen molar-refractivity contribution in [2.45, 2.75) is 42.9 Å². The van der Waals surface area contributed by atoms with E-state index in [2.05, 4.69) is 32.5 Å². The Morgan fingerprint density at radius 2 is 2.00 bits per heavy atom. The molecule has 1 amide bonds. The number of rotatable bonds is 5. The first-order valence-corrected chi connectivity index (χ1v) is 11.0. The zero-order valence-electron chi connectivity index (χ0n) is 14.4. The number of nitrogens with one attached hydrogen (secondary N) is 1. The zero-order chi connectivity index (χ0) is 17.5. The van der Waals surface area contributed by atoms with Crippen LogP contribution in [0.5, 0.6) is 0 Å². The van der Waals surface area contributed by atoms with Crippen LogP contribution in [0.15, 0.2) is 29.4 Å². The molecule has 0 bridgehead atoms. The average molecular weight is 388 g/mol. The number of carbonyl (C=O) groups is 1. The van der Waals surface area contributed by atoms with Gasteiger partial charge in [-0.25, -0.2) is 0 Å². The first-order chi connectivity index (χ1) is 12.8. The van der Waals surface area contributed by atoms with E-state index in [1.54, 1.807) is 11.3 Å². The van der Waals surface area contributed by atoms with Crippen LogP contribution in [0.1, 0.15) is 25.7 Å². The molecular weight excluding hydrogens is 366 g/mol. The Bertz CT molecular complexity index is 940. The van der Waals surface area contributed by atoms with Crippen LogP contribution in [0.25, 0.3) is 15.2 Å². The van der Waals surface area contributed by atoms with E-state index in [4.69, 9.17) is 0 Å². The van der Waals surface area contributed by atoms with E-state index in [1.165, 1.54) is 29.3 Å². The van der Waals surface area contributed by atoms with E-state index >= 15 is 0 Å².